The van der Waals surface area contributed by atoms with Gasteiger partial charge >= 0.3 is 0 Å². The van der Waals surface area contributed by atoms with Gasteiger partial charge in [-0.25, -0.2) is 0 Å². The minimum atomic E-state index is -0.541. The van der Waals surface area contributed by atoms with Gasteiger partial charge in [-0.2, -0.15) is 0 Å². The van der Waals surface area contributed by atoms with Gasteiger partial charge in [-0.05, 0) is 23.8 Å². The molecule has 0 aliphatic heterocycles. The number of benzene rings is 3. The molecule has 6 heteroatoms. The van der Waals surface area contributed by atoms with E-state index in [2.05, 4.69) is 10.2 Å². The number of fused-ring (bicyclic) bond motifs is 1. The van der Waals surface area contributed by atoms with Crippen LogP contribution in [0.3, 0.4) is 0 Å². The third kappa shape index (κ3) is 3.73. The van der Waals surface area contributed by atoms with Crippen molar-refractivity contribution in [3.63, 3.8) is 0 Å². The van der Waals surface area contributed by atoms with Crippen molar-refractivity contribution >= 4 is 22.5 Å². The Balaban J connectivity index is 1.59. The lowest BCUT2D eigenvalue weighted by atomic mass is 10.2. The van der Waals surface area contributed by atoms with Crippen molar-refractivity contribution in [3.8, 4) is 11.6 Å². The van der Waals surface area contributed by atoms with Gasteiger partial charge in [-0.15, -0.1) is 10.2 Å². The Labute approximate surface area is 167 Å². The van der Waals surface area contributed by atoms with E-state index in [1.165, 1.54) is 0 Å². The van der Waals surface area contributed by atoms with Crippen LogP contribution < -0.4 is 4.74 Å². The molecule has 144 valence electrons. The van der Waals surface area contributed by atoms with E-state index in [-0.39, 0.29) is 11.6 Å². The van der Waals surface area contributed by atoms with E-state index in [1.807, 2.05) is 54.6 Å². The van der Waals surface area contributed by atoms with E-state index in [4.69, 9.17) is 4.74 Å². The van der Waals surface area contributed by atoms with Gasteiger partial charge in [0.05, 0.1) is 11.1 Å². The Hall–Kier alpha value is -3.93. The summed E-state index contributed by atoms with van der Waals surface area (Å²) in [5.74, 6) is -0.153. The number of carbonyl (C=O) groups is 1. The topological polar surface area (TPSA) is 76.2 Å². The molecule has 4 rings (SSSR count). The summed E-state index contributed by atoms with van der Waals surface area (Å²) in [7, 11) is 1.73. The summed E-state index contributed by atoms with van der Waals surface area (Å²) in [4.78, 5) is 12.7. The molecule has 0 unspecified atom stereocenters. The number of hydrogen-bond donors (Lipinski definition) is 1. The second-order valence-electron chi connectivity index (χ2n) is 6.52. The lowest BCUT2D eigenvalue weighted by Crippen LogP contribution is -2.02. The Morgan fingerprint density at radius 1 is 0.966 bits per heavy atom. The zero-order valence-electron chi connectivity index (χ0n) is 15.8. The minimum absolute atomic E-state index is 0.0450. The lowest BCUT2D eigenvalue weighted by Gasteiger charge is -2.09. The van der Waals surface area contributed by atoms with E-state index in [0.717, 1.165) is 16.5 Å². The highest BCUT2D eigenvalue weighted by Gasteiger charge is 2.16. The second kappa shape index (κ2) is 7.98. The third-order valence-electron chi connectivity index (χ3n) is 4.65. The molecule has 0 spiro atoms. The van der Waals surface area contributed by atoms with Crippen LogP contribution >= 0.6 is 0 Å². The zero-order chi connectivity index (χ0) is 20.2. The first-order chi connectivity index (χ1) is 14.1. The average molecular weight is 385 g/mol. The van der Waals surface area contributed by atoms with Crippen molar-refractivity contribution in [2.24, 2.45) is 17.3 Å². The molecule has 1 aromatic heterocycles. The molecule has 0 aliphatic rings. The lowest BCUT2D eigenvalue weighted by molar-refractivity contribution is 0.0990. The highest BCUT2D eigenvalue weighted by molar-refractivity contribution is 5.98. The quantitative estimate of drug-likeness (QED) is 0.468. The van der Waals surface area contributed by atoms with Crippen molar-refractivity contribution in [1.29, 1.82) is 0 Å². The molecule has 3 aromatic carbocycles. The van der Waals surface area contributed by atoms with Crippen molar-refractivity contribution in [2.75, 3.05) is 0 Å². The molecule has 6 nitrogen and oxygen atoms in total. The molecule has 0 bridgehead atoms. The van der Waals surface area contributed by atoms with Crippen LogP contribution in [-0.2, 0) is 13.7 Å². The monoisotopic (exact) mass is 385 g/mol. The molecule has 0 fully saturated rings. The van der Waals surface area contributed by atoms with Gasteiger partial charge in [0.2, 0.25) is 5.88 Å². The summed E-state index contributed by atoms with van der Waals surface area (Å²) in [5, 5.41) is 18.9. The maximum atomic E-state index is 12.7. The highest BCUT2D eigenvalue weighted by atomic mass is 16.5. The van der Waals surface area contributed by atoms with Crippen LogP contribution in [0.1, 0.15) is 15.9 Å². The predicted molar refractivity (Wildman–Crippen MR) is 111 cm³/mol. The molecule has 1 amide bonds. The zero-order valence-corrected chi connectivity index (χ0v) is 15.8. The molecule has 4 aromatic rings. The van der Waals surface area contributed by atoms with Gasteiger partial charge in [0, 0.05) is 12.4 Å². The van der Waals surface area contributed by atoms with E-state index in [1.54, 1.807) is 35.9 Å². The van der Waals surface area contributed by atoms with Gasteiger partial charge in [-0.1, -0.05) is 60.7 Å². The molecule has 0 saturated carbocycles. The maximum absolute atomic E-state index is 12.7. The van der Waals surface area contributed by atoms with Crippen LogP contribution in [0.4, 0.5) is 5.69 Å². The first kappa shape index (κ1) is 18.4. The number of azo groups is 1. The van der Waals surface area contributed by atoms with Crippen LogP contribution in [0.5, 0.6) is 11.6 Å². The Bertz CT molecular complexity index is 1200. The van der Waals surface area contributed by atoms with E-state index in [9.17, 15) is 9.90 Å². The average Bonchev–Trinajstić information content (AvgIpc) is 3.01. The number of para-hydroxylation sites is 2. The molecule has 1 heterocycles. The van der Waals surface area contributed by atoms with Gasteiger partial charge in [0.15, 0.2) is 5.69 Å². The van der Waals surface area contributed by atoms with Crippen LogP contribution in [0.2, 0.25) is 0 Å². The van der Waals surface area contributed by atoms with E-state index >= 15 is 0 Å². The largest absolute Gasteiger partial charge is 0.493 e. The van der Waals surface area contributed by atoms with Crippen molar-refractivity contribution < 1.29 is 14.6 Å². The molecular formula is C23H19N3O3. The summed E-state index contributed by atoms with van der Waals surface area (Å²) < 4.78 is 7.42. The number of rotatable bonds is 5. The first-order valence-corrected chi connectivity index (χ1v) is 9.13. The molecule has 1 N–H and O–H groups in total. The number of aryl methyl sites for hydroxylation is 1. The number of carbonyl (C=O) groups excluding carboxylic acids is 1. The van der Waals surface area contributed by atoms with Crippen molar-refractivity contribution in [3.05, 3.63) is 90.0 Å². The minimum Gasteiger partial charge on any atom is -0.493 e. The SMILES string of the molecule is Cn1c(O)c(N=NC(=O)c2ccccc2OCc2ccccc2)c2ccccc21. The number of aromatic hydroxyl groups is 1. The molecule has 0 aliphatic carbocycles. The van der Waals surface area contributed by atoms with Crippen LogP contribution in [0.15, 0.2) is 89.1 Å². The van der Waals surface area contributed by atoms with E-state index < -0.39 is 5.91 Å². The standard InChI is InChI=1S/C23H19N3O3/c1-26-19-13-7-5-11-17(19)21(23(26)28)24-25-22(27)18-12-6-8-14-20(18)29-15-16-9-3-2-4-10-16/h2-14,28H,15H2,1H3. The summed E-state index contributed by atoms with van der Waals surface area (Å²) in [6.07, 6.45) is 0. The van der Waals surface area contributed by atoms with Crippen LogP contribution in [0, 0.1) is 0 Å². The molecular weight excluding hydrogens is 366 g/mol. The van der Waals surface area contributed by atoms with Gasteiger partial charge in [-0.3, -0.25) is 4.79 Å². The fourth-order valence-corrected chi connectivity index (χ4v) is 3.11. The number of ether oxygens (including phenoxy) is 1. The van der Waals surface area contributed by atoms with Crippen molar-refractivity contribution in [2.45, 2.75) is 6.61 Å². The summed E-state index contributed by atoms with van der Waals surface area (Å²) >= 11 is 0. The van der Waals surface area contributed by atoms with Gasteiger partial charge in [0.1, 0.15) is 12.4 Å². The van der Waals surface area contributed by atoms with Crippen LogP contribution in [-0.4, -0.2) is 15.6 Å². The second-order valence-corrected chi connectivity index (χ2v) is 6.52. The Morgan fingerprint density at radius 3 is 2.48 bits per heavy atom. The number of nitrogens with zero attached hydrogens (tertiary/aromatic N) is 3. The van der Waals surface area contributed by atoms with Crippen molar-refractivity contribution in [1.82, 2.24) is 4.57 Å². The molecule has 29 heavy (non-hydrogen) atoms. The maximum Gasteiger partial charge on any atom is 0.299 e. The van der Waals surface area contributed by atoms with Gasteiger partial charge in [0.25, 0.3) is 5.91 Å². The first-order valence-electron chi connectivity index (χ1n) is 9.13. The fraction of sp³-hybridized carbons (Fsp3) is 0.0870. The normalized spacial score (nSPS) is 11.2. The molecule has 0 atom stereocenters. The summed E-state index contributed by atoms with van der Waals surface area (Å²) in [5.41, 5.74) is 2.38. The number of amides is 1. The van der Waals surface area contributed by atoms with Crippen LogP contribution in [0.25, 0.3) is 10.9 Å². The fourth-order valence-electron chi connectivity index (χ4n) is 3.11. The summed E-state index contributed by atoms with van der Waals surface area (Å²) in [6.45, 7) is 0.340. The smallest absolute Gasteiger partial charge is 0.299 e. The van der Waals surface area contributed by atoms with Gasteiger partial charge < -0.3 is 14.4 Å². The third-order valence-corrected chi connectivity index (χ3v) is 4.65. The number of aromatic nitrogens is 1. The Kier molecular flexibility index (Phi) is 5.07. The van der Waals surface area contributed by atoms with E-state index in [0.29, 0.717) is 17.9 Å². The number of hydrogen-bond acceptors (Lipinski definition) is 4. The summed E-state index contributed by atoms with van der Waals surface area (Å²) in [6, 6.07) is 24.0. The Morgan fingerprint density at radius 2 is 1.66 bits per heavy atom. The predicted octanol–water partition coefficient (Wildman–Crippen LogP) is 5.39. The highest BCUT2D eigenvalue weighted by Crippen LogP contribution is 2.38. The molecule has 0 radical (unpaired) electrons. The molecule has 0 saturated heterocycles.